The molecule has 2 aromatic carbocycles. The highest BCUT2D eigenvalue weighted by atomic mass is 32.1. The maximum Gasteiger partial charge on any atom is 0.407 e. The number of alkyl carbamates (subject to hydrolysis) is 1. The number of benzene rings is 2. The average molecular weight is 494 g/mol. The summed E-state index contributed by atoms with van der Waals surface area (Å²) in [6.07, 6.45) is 5.24. The standard InChI is InChI=1S/C27H31N3O4S/c31-24(26-30-21-14-6-7-16-23(21)35-26)22(29-25(32)20-12-4-5-13-20)15-8-9-17-28-27(33)34-18-19-10-2-1-3-11-19/h1-3,6-7,10-11,14,16,20,22H,4-5,8-9,12-13,15,17-18H2,(H,28,33)(H,29,32). The lowest BCUT2D eigenvalue weighted by atomic mass is 10.0. The molecular formula is C27H31N3O4S. The first kappa shape index (κ1) is 24.9. The van der Waals surface area contributed by atoms with Crippen LogP contribution < -0.4 is 10.6 Å². The minimum atomic E-state index is -0.617. The molecule has 3 aromatic rings. The van der Waals surface area contributed by atoms with Crippen LogP contribution in [-0.2, 0) is 16.1 Å². The SMILES string of the molecule is O=C(NCCCCC(NC(=O)C1CCCC1)C(=O)c1nc2ccccc2s1)OCc1ccccc1. The largest absolute Gasteiger partial charge is 0.445 e. The second kappa shape index (κ2) is 12.4. The molecule has 184 valence electrons. The number of aromatic nitrogens is 1. The summed E-state index contributed by atoms with van der Waals surface area (Å²) in [5.74, 6) is -0.195. The van der Waals surface area contributed by atoms with Crippen LogP contribution >= 0.6 is 11.3 Å². The molecule has 8 heteroatoms. The molecule has 0 radical (unpaired) electrons. The van der Waals surface area contributed by atoms with Crippen molar-refractivity contribution < 1.29 is 19.1 Å². The number of hydrogen-bond donors (Lipinski definition) is 2. The van der Waals surface area contributed by atoms with Crippen LogP contribution in [0.5, 0.6) is 0 Å². The van der Waals surface area contributed by atoms with Crippen molar-refractivity contribution in [2.24, 2.45) is 5.92 Å². The van der Waals surface area contributed by atoms with Crippen LogP contribution in [0.4, 0.5) is 4.79 Å². The van der Waals surface area contributed by atoms with E-state index in [2.05, 4.69) is 15.6 Å². The highest BCUT2D eigenvalue weighted by molar-refractivity contribution is 7.20. The van der Waals surface area contributed by atoms with Crippen LogP contribution in [0.2, 0.25) is 0 Å². The lowest BCUT2D eigenvalue weighted by molar-refractivity contribution is -0.125. The zero-order valence-corrected chi connectivity index (χ0v) is 20.5. The Morgan fingerprint density at radius 2 is 1.74 bits per heavy atom. The van der Waals surface area contributed by atoms with Gasteiger partial charge in [0.05, 0.1) is 16.3 Å². The normalized spacial score (nSPS) is 14.5. The predicted octanol–water partition coefficient (Wildman–Crippen LogP) is 5.25. The molecule has 1 aromatic heterocycles. The van der Waals surface area contributed by atoms with E-state index < -0.39 is 12.1 Å². The molecule has 0 spiro atoms. The fourth-order valence-corrected chi connectivity index (χ4v) is 5.27. The molecule has 0 aliphatic heterocycles. The van der Waals surface area contributed by atoms with Gasteiger partial charge in [0.25, 0.3) is 0 Å². The van der Waals surface area contributed by atoms with E-state index in [9.17, 15) is 14.4 Å². The number of unbranched alkanes of at least 4 members (excludes halogenated alkanes) is 1. The Hall–Kier alpha value is -3.26. The molecule has 0 saturated heterocycles. The van der Waals surface area contributed by atoms with Gasteiger partial charge >= 0.3 is 6.09 Å². The Morgan fingerprint density at radius 3 is 2.51 bits per heavy atom. The van der Waals surface area contributed by atoms with Crippen molar-refractivity contribution in [1.82, 2.24) is 15.6 Å². The summed E-state index contributed by atoms with van der Waals surface area (Å²) in [5, 5.41) is 6.17. The van der Waals surface area contributed by atoms with Crippen molar-refractivity contribution in [2.75, 3.05) is 6.54 Å². The Balaban J connectivity index is 1.28. The number of nitrogens with one attached hydrogen (secondary N) is 2. The highest BCUT2D eigenvalue weighted by Gasteiger charge is 2.29. The summed E-state index contributed by atoms with van der Waals surface area (Å²) in [6, 6.07) is 16.5. The second-order valence-corrected chi connectivity index (χ2v) is 9.91. The fourth-order valence-electron chi connectivity index (χ4n) is 4.31. The topological polar surface area (TPSA) is 97.4 Å². The predicted molar refractivity (Wildman–Crippen MR) is 136 cm³/mol. The van der Waals surface area contributed by atoms with Crippen LogP contribution in [0.1, 0.15) is 60.3 Å². The molecule has 1 atom stereocenters. The van der Waals surface area contributed by atoms with Gasteiger partial charge in [-0.15, -0.1) is 11.3 Å². The van der Waals surface area contributed by atoms with Crippen LogP contribution in [0.15, 0.2) is 54.6 Å². The number of hydrogen-bond acceptors (Lipinski definition) is 6. The molecule has 1 fully saturated rings. The van der Waals surface area contributed by atoms with Crippen molar-refractivity contribution >= 4 is 39.3 Å². The van der Waals surface area contributed by atoms with Gasteiger partial charge in [-0.25, -0.2) is 9.78 Å². The number of fused-ring (bicyclic) bond motifs is 1. The zero-order valence-electron chi connectivity index (χ0n) is 19.7. The van der Waals surface area contributed by atoms with E-state index in [1.807, 2.05) is 54.6 Å². The van der Waals surface area contributed by atoms with Gasteiger partial charge in [-0.3, -0.25) is 9.59 Å². The van der Waals surface area contributed by atoms with E-state index in [1.54, 1.807) is 0 Å². The Labute approximate surface area is 209 Å². The third-order valence-corrected chi connectivity index (χ3v) is 7.32. The molecule has 35 heavy (non-hydrogen) atoms. The average Bonchev–Trinajstić information content (AvgIpc) is 3.57. The zero-order chi connectivity index (χ0) is 24.5. The molecule has 1 aliphatic carbocycles. The number of carbonyl (C=O) groups excluding carboxylic acids is 3. The molecule has 1 unspecified atom stereocenters. The number of Topliss-reactive ketones (excluding diaryl/α,β-unsaturated/α-hetero) is 1. The molecule has 2 amide bonds. The maximum atomic E-state index is 13.3. The van der Waals surface area contributed by atoms with Crippen molar-refractivity contribution in [2.45, 2.75) is 57.6 Å². The Kier molecular flexibility index (Phi) is 8.84. The van der Waals surface area contributed by atoms with Gasteiger partial charge in [0.1, 0.15) is 6.61 Å². The van der Waals surface area contributed by atoms with E-state index in [1.165, 1.54) is 11.3 Å². The van der Waals surface area contributed by atoms with Crippen molar-refractivity contribution in [3.05, 3.63) is 65.2 Å². The fraction of sp³-hybridized carbons (Fsp3) is 0.407. The van der Waals surface area contributed by atoms with Crippen molar-refractivity contribution in [3.63, 3.8) is 0 Å². The number of ether oxygens (including phenoxy) is 1. The van der Waals surface area contributed by atoms with Crippen molar-refractivity contribution in [1.29, 1.82) is 0 Å². The van der Waals surface area contributed by atoms with E-state index in [-0.39, 0.29) is 24.2 Å². The minimum absolute atomic E-state index is 0.0123. The first-order valence-electron chi connectivity index (χ1n) is 12.2. The number of rotatable bonds is 11. The van der Waals surface area contributed by atoms with E-state index in [0.29, 0.717) is 30.8 Å². The summed E-state index contributed by atoms with van der Waals surface area (Å²) in [7, 11) is 0. The molecule has 0 bridgehead atoms. The van der Waals surface area contributed by atoms with Crippen molar-refractivity contribution in [3.8, 4) is 0 Å². The summed E-state index contributed by atoms with van der Waals surface area (Å²) in [6.45, 7) is 0.658. The van der Waals surface area contributed by atoms with E-state index in [4.69, 9.17) is 4.74 Å². The summed E-state index contributed by atoms with van der Waals surface area (Å²) in [4.78, 5) is 42.5. The monoisotopic (exact) mass is 493 g/mol. The molecule has 1 heterocycles. The Bertz CT molecular complexity index is 1110. The number of para-hydroxylation sites is 1. The Morgan fingerprint density at radius 1 is 1.00 bits per heavy atom. The molecule has 4 rings (SSSR count). The summed E-state index contributed by atoms with van der Waals surface area (Å²) >= 11 is 1.36. The van der Waals surface area contributed by atoms with Gasteiger partial charge in [0.15, 0.2) is 5.01 Å². The number of amides is 2. The quantitative estimate of drug-likeness (QED) is 0.281. The first-order chi connectivity index (χ1) is 17.1. The van der Waals surface area contributed by atoms with Gasteiger partial charge in [0.2, 0.25) is 11.7 Å². The molecule has 2 N–H and O–H groups in total. The number of ketones is 1. The van der Waals surface area contributed by atoms with E-state index >= 15 is 0 Å². The van der Waals surface area contributed by atoms with Crippen LogP contribution in [0, 0.1) is 5.92 Å². The van der Waals surface area contributed by atoms with E-state index in [0.717, 1.165) is 41.5 Å². The van der Waals surface area contributed by atoms with Gasteiger partial charge < -0.3 is 15.4 Å². The molecule has 1 saturated carbocycles. The lowest BCUT2D eigenvalue weighted by Gasteiger charge is -2.19. The third-order valence-electron chi connectivity index (χ3n) is 6.27. The third kappa shape index (κ3) is 7.11. The molecule has 1 aliphatic rings. The van der Waals surface area contributed by atoms with Gasteiger partial charge in [-0.1, -0.05) is 55.3 Å². The van der Waals surface area contributed by atoms with Crippen LogP contribution in [0.3, 0.4) is 0 Å². The number of thiazole rings is 1. The minimum Gasteiger partial charge on any atom is -0.445 e. The van der Waals surface area contributed by atoms with Crippen LogP contribution in [0.25, 0.3) is 10.2 Å². The number of nitrogens with zero attached hydrogens (tertiary/aromatic N) is 1. The highest BCUT2D eigenvalue weighted by Crippen LogP contribution is 2.26. The second-order valence-electron chi connectivity index (χ2n) is 8.88. The number of carbonyl (C=O) groups is 3. The molecular weight excluding hydrogens is 462 g/mol. The van der Waals surface area contributed by atoms with Crippen LogP contribution in [-0.4, -0.2) is 35.4 Å². The molecule has 7 nitrogen and oxygen atoms in total. The summed E-state index contributed by atoms with van der Waals surface area (Å²) in [5.41, 5.74) is 1.72. The van der Waals surface area contributed by atoms with Gasteiger partial charge in [0, 0.05) is 12.5 Å². The smallest absolute Gasteiger partial charge is 0.407 e. The maximum absolute atomic E-state index is 13.3. The lowest BCUT2D eigenvalue weighted by Crippen LogP contribution is -2.43. The van der Waals surface area contributed by atoms with Gasteiger partial charge in [-0.05, 0) is 49.8 Å². The van der Waals surface area contributed by atoms with Gasteiger partial charge in [-0.2, -0.15) is 0 Å². The summed E-state index contributed by atoms with van der Waals surface area (Å²) < 4.78 is 6.18. The first-order valence-corrected chi connectivity index (χ1v) is 13.1.